The van der Waals surface area contributed by atoms with Crippen LogP contribution in [0, 0.1) is 0 Å². The molecule has 0 saturated heterocycles. The van der Waals surface area contributed by atoms with Crippen LogP contribution in [0.15, 0.2) is 30.3 Å². The molecule has 3 N–H and O–H groups in total. The standard InChI is InChI=1S/C13H18N2O3S/c1-9(8-19-2)14-13(18)15-11(12(16)17)10-6-4-3-5-7-10/h3-7,9,11H,8H2,1-2H3,(H,16,17)(H2,14,15,18). The maximum absolute atomic E-state index is 11.7. The Morgan fingerprint density at radius 2 is 1.89 bits per heavy atom. The SMILES string of the molecule is CSCC(C)NC(=O)NC(C(=O)O)c1ccccc1. The van der Waals surface area contributed by atoms with Crippen molar-refractivity contribution in [2.45, 2.75) is 19.0 Å². The summed E-state index contributed by atoms with van der Waals surface area (Å²) in [6, 6.07) is 7.08. The molecule has 1 aromatic carbocycles. The molecule has 0 fully saturated rings. The molecule has 0 bridgehead atoms. The zero-order valence-electron chi connectivity index (χ0n) is 10.9. The first-order valence-electron chi connectivity index (χ1n) is 5.88. The van der Waals surface area contributed by atoms with Gasteiger partial charge >= 0.3 is 12.0 Å². The van der Waals surface area contributed by atoms with Crippen molar-refractivity contribution in [3.05, 3.63) is 35.9 Å². The average molecular weight is 282 g/mol. The highest BCUT2D eigenvalue weighted by atomic mass is 32.2. The van der Waals surface area contributed by atoms with Gasteiger partial charge in [-0.05, 0) is 18.7 Å². The highest BCUT2D eigenvalue weighted by Gasteiger charge is 2.22. The highest BCUT2D eigenvalue weighted by Crippen LogP contribution is 2.12. The number of nitrogens with one attached hydrogen (secondary N) is 2. The number of aliphatic carboxylic acids is 1. The number of urea groups is 1. The first-order chi connectivity index (χ1) is 9.04. The molecular formula is C13H18N2O3S. The van der Waals surface area contributed by atoms with Crippen molar-refractivity contribution in [3.63, 3.8) is 0 Å². The Labute approximate surface area is 116 Å². The molecule has 0 saturated carbocycles. The number of amides is 2. The molecule has 0 radical (unpaired) electrons. The Hall–Kier alpha value is -1.69. The Bertz CT molecular complexity index is 425. The van der Waals surface area contributed by atoms with E-state index in [-0.39, 0.29) is 6.04 Å². The van der Waals surface area contributed by atoms with Crippen LogP contribution in [0.25, 0.3) is 0 Å². The van der Waals surface area contributed by atoms with Crippen LogP contribution in [-0.2, 0) is 4.79 Å². The average Bonchev–Trinajstić information content (AvgIpc) is 2.37. The van der Waals surface area contributed by atoms with Crippen LogP contribution in [-0.4, -0.2) is 35.2 Å². The third kappa shape index (κ3) is 5.21. The van der Waals surface area contributed by atoms with Gasteiger partial charge in [-0.3, -0.25) is 0 Å². The number of carbonyl (C=O) groups is 2. The number of hydrogen-bond donors (Lipinski definition) is 3. The first-order valence-corrected chi connectivity index (χ1v) is 7.27. The van der Waals surface area contributed by atoms with E-state index in [9.17, 15) is 9.59 Å². The highest BCUT2D eigenvalue weighted by molar-refractivity contribution is 7.98. The van der Waals surface area contributed by atoms with E-state index < -0.39 is 18.0 Å². The van der Waals surface area contributed by atoms with Gasteiger partial charge in [0.15, 0.2) is 6.04 Å². The zero-order valence-corrected chi connectivity index (χ0v) is 11.7. The fraction of sp³-hybridized carbons (Fsp3) is 0.385. The molecule has 2 amide bonds. The smallest absolute Gasteiger partial charge is 0.330 e. The van der Waals surface area contributed by atoms with Crippen molar-refractivity contribution >= 4 is 23.8 Å². The number of carbonyl (C=O) groups excluding carboxylic acids is 1. The largest absolute Gasteiger partial charge is 0.479 e. The summed E-state index contributed by atoms with van der Waals surface area (Å²) in [5.74, 6) is -0.310. The van der Waals surface area contributed by atoms with Gasteiger partial charge < -0.3 is 15.7 Å². The summed E-state index contributed by atoms with van der Waals surface area (Å²) in [6.45, 7) is 1.87. The number of rotatable bonds is 6. The van der Waals surface area contributed by atoms with Gasteiger partial charge in [-0.25, -0.2) is 9.59 Å². The molecule has 0 aliphatic heterocycles. The molecule has 5 nitrogen and oxygen atoms in total. The summed E-state index contributed by atoms with van der Waals surface area (Å²) >= 11 is 1.61. The topological polar surface area (TPSA) is 78.4 Å². The van der Waals surface area contributed by atoms with Gasteiger partial charge in [0.25, 0.3) is 0 Å². The van der Waals surface area contributed by atoms with Crippen molar-refractivity contribution in [1.82, 2.24) is 10.6 Å². The normalized spacial score (nSPS) is 13.4. The minimum atomic E-state index is -1.08. The van der Waals surface area contributed by atoms with Crippen LogP contribution in [0.4, 0.5) is 4.79 Å². The fourth-order valence-electron chi connectivity index (χ4n) is 1.62. The molecule has 104 valence electrons. The Balaban J connectivity index is 2.65. The number of hydrogen-bond acceptors (Lipinski definition) is 3. The second kappa shape index (κ2) is 7.68. The molecular weight excluding hydrogens is 264 g/mol. The monoisotopic (exact) mass is 282 g/mol. The minimum absolute atomic E-state index is 0.0137. The van der Waals surface area contributed by atoms with E-state index in [4.69, 9.17) is 5.11 Å². The van der Waals surface area contributed by atoms with Crippen LogP contribution in [0.5, 0.6) is 0 Å². The molecule has 1 rings (SSSR count). The number of thioether (sulfide) groups is 1. The van der Waals surface area contributed by atoms with Crippen molar-refractivity contribution in [2.24, 2.45) is 0 Å². The zero-order chi connectivity index (χ0) is 14.3. The summed E-state index contributed by atoms with van der Waals surface area (Å²) in [5, 5.41) is 14.3. The lowest BCUT2D eigenvalue weighted by molar-refractivity contribution is -0.139. The van der Waals surface area contributed by atoms with Gasteiger partial charge in [0.1, 0.15) is 0 Å². The summed E-state index contributed by atoms with van der Waals surface area (Å²) in [4.78, 5) is 22.9. The molecule has 19 heavy (non-hydrogen) atoms. The van der Waals surface area contributed by atoms with Gasteiger partial charge in [-0.1, -0.05) is 30.3 Å². The van der Waals surface area contributed by atoms with Gasteiger partial charge in [0, 0.05) is 11.8 Å². The van der Waals surface area contributed by atoms with Crippen molar-refractivity contribution < 1.29 is 14.7 Å². The number of carboxylic acid groups (broad SMARTS) is 1. The Kier molecular flexibility index (Phi) is 6.21. The molecule has 0 aliphatic rings. The summed E-state index contributed by atoms with van der Waals surface area (Å²) in [6.07, 6.45) is 1.94. The van der Waals surface area contributed by atoms with E-state index in [0.29, 0.717) is 5.56 Å². The molecule has 2 atom stereocenters. The fourth-order valence-corrected chi connectivity index (χ4v) is 2.20. The second-order valence-corrected chi connectivity index (χ2v) is 5.07. The van der Waals surface area contributed by atoms with Crippen LogP contribution < -0.4 is 10.6 Å². The lowest BCUT2D eigenvalue weighted by Crippen LogP contribution is -2.45. The van der Waals surface area contributed by atoms with Crippen molar-refractivity contribution in [1.29, 1.82) is 0 Å². The van der Waals surface area contributed by atoms with Crippen LogP contribution in [0.2, 0.25) is 0 Å². The lowest BCUT2D eigenvalue weighted by atomic mass is 10.1. The molecule has 0 heterocycles. The van der Waals surface area contributed by atoms with Crippen LogP contribution in [0.1, 0.15) is 18.5 Å². The molecule has 0 aromatic heterocycles. The number of carboxylic acids is 1. The van der Waals surface area contributed by atoms with E-state index in [2.05, 4.69) is 10.6 Å². The van der Waals surface area contributed by atoms with E-state index in [1.54, 1.807) is 42.1 Å². The minimum Gasteiger partial charge on any atom is -0.479 e. The van der Waals surface area contributed by atoms with Gasteiger partial charge in [-0.2, -0.15) is 11.8 Å². The summed E-state index contributed by atoms with van der Waals surface area (Å²) < 4.78 is 0. The summed E-state index contributed by atoms with van der Waals surface area (Å²) in [7, 11) is 0. The lowest BCUT2D eigenvalue weighted by Gasteiger charge is -2.18. The van der Waals surface area contributed by atoms with E-state index in [1.807, 2.05) is 13.2 Å². The number of benzene rings is 1. The maximum Gasteiger partial charge on any atom is 0.330 e. The van der Waals surface area contributed by atoms with Crippen molar-refractivity contribution in [3.8, 4) is 0 Å². The first kappa shape index (κ1) is 15.4. The molecule has 6 heteroatoms. The third-order valence-electron chi connectivity index (χ3n) is 2.45. The van der Waals surface area contributed by atoms with Crippen molar-refractivity contribution in [2.75, 3.05) is 12.0 Å². The van der Waals surface area contributed by atoms with E-state index >= 15 is 0 Å². The summed E-state index contributed by atoms with van der Waals surface area (Å²) in [5.41, 5.74) is 0.544. The Morgan fingerprint density at radius 1 is 1.26 bits per heavy atom. The maximum atomic E-state index is 11.7. The van der Waals surface area contributed by atoms with E-state index in [0.717, 1.165) is 5.75 Å². The molecule has 0 aliphatic carbocycles. The predicted octanol–water partition coefficient (Wildman–Crippen LogP) is 1.86. The van der Waals surface area contributed by atoms with Crippen LogP contribution in [0.3, 0.4) is 0 Å². The van der Waals surface area contributed by atoms with Crippen LogP contribution >= 0.6 is 11.8 Å². The van der Waals surface area contributed by atoms with Gasteiger partial charge in [0.2, 0.25) is 0 Å². The molecule has 0 spiro atoms. The van der Waals surface area contributed by atoms with Gasteiger partial charge in [-0.15, -0.1) is 0 Å². The third-order valence-corrected chi connectivity index (χ3v) is 3.28. The quantitative estimate of drug-likeness (QED) is 0.744. The van der Waals surface area contributed by atoms with E-state index in [1.165, 1.54) is 0 Å². The Morgan fingerprint density at radius 3 is 2.42 bits per heavy atom. The second-order valence-electron chi connectivity index (χ2n) is 4.16. The molecule has 2 unspecified atom stereocenters. The predicted molar refractivity (Wildman–Crippen MR) is 76.3 cm³/mol. The van der Waals surface area contributed by atoms with Gasteiger partial charge in [0.05, 0.1) is 0 Å². The molecule has 1 aromatic rings.